The molecular weight excluding hydrogens is 486 g/mol. The number of halogens is 4. The molecule has 0 radical (unpaired) electrons. The van der Waals surface area contributed by atoms with Crippen molar-refractivity contribution in [2.75, 3.05) is 0 Å². The summed E-state index contributed by atoms with van der Waals surface area (Å²) >= 11 is 6.20. The van der Waals surface area contributed by atoms with Crippen LogP contribution in [0.3, 0.4) is 0 Å². The van der Waals surface area contributed by atoms with Gasteiger partial charge in [-0.25, -0.2) is 20.2 Å². The van der Waals surface area contributed by atoms with E-state index >= 15 is 0 Å². The van der Waals surface area contributed by atoms with Gasteiger partial charge in [0.2, 0.25) is 5.88 Å². The molecule has 0 bridgehead atoms. The fourth-order valence-electron chi connectivity index (χ4n) is 2.59. The van der Waals surface area contributed by atoms with Gasteiger partial charge in [-0.05, 0) is 54.5 Å². The Morgan fingerprint density at radius 2 is 1.79 bits per heavy atom. The molecule has 2 heterocycles. The van der Waals surface area contributed by atoms with Crippen molar-refractivity contribution in [1.82, 2.24) is 15.0 Å². The van der Waals surface area contributed by atoms with Gasteiger partial charge in [-0.1, -0.05) is 23.7 Å². The lowest BCUT2D eigenvalue weighted by Crippen LogP contribution is -2.05. The summed E-state index contributed by atoms with van der Waals surface area (Å²) in [6.45, 7) is 1.84. The number of pyridine rings is 1. The van der Waals surface area contributed by atoms with Crippen LogP contribution in [0.1, 0.15) is 30.4 Å². The van der Waals surface area contributed by atoms with Crippen LogP contribution in [0.15, 0.2) is 48.9 Å². The maximum Gasteiger partial charge on any atom is 0.521 e. The molecule has 1 N–H and O–H groups in total. The molecule has 1 unspecified atom stereocenters. The highest BCUT2D eigenvalue weighted by Gasteiger charge is 2.30. The summed E-state index contributed by atoms with van der Waals surface area (Å²) < 4.78 is 54.8. The first kappa shape index (κ1) is 26.6. The van der Waals surface area contributed by atoms with E-state index in [4.69, 9.17) is 31.1 Å². The lowest BCUT2D eigenvalue weighted by molar-refractivity contribution is -0.244. The van der Waals surface area contributed by atoms with E-state index in [9.17, 15) is 13.2 Å². The molecule has 0 aliphatic carbocycles. The molecule has 0 aliphatic heterocycles. The predicted octanol–water partition coefficient (Wildman–Crippen LogP) is 5.56. The topological polar surface area (TPSA) is 117 Å². The Kier molecular flexibility index (Phi) is 10.1. The second-order valence-corrected chi connectivity index (χ2v) is 7.50. The van der Waals surface area contributed by atoms with Crippen molar-refractivity contribution in [1.29, 1.82) is 0 Å². The van der Waals surface area contributed by atoms with Gasteiger partial charge in [0.05, 0.1) is 22.0 Å². The molecule has 0 aliphatic rings. The van der Waals surface area contributed by atoms with E-state index in [-0.39, 0.29) is 7.31 Å². The zero-order valence-corrected chi connectivity index (χ0v) is 18.8. The number of aromatic nitrogens is 3. The Labute approximate surface area is 194 Å². The molecule has 3 aromatic rings. The van der Waals surface area contributed by atoms with Crippen molar-refractivity contribution >= 4 is 19.9 Å². The number of aryl methyl sites for hydroxylation is 3. The van der Waals surface area contributed by atoms with Gasteiger partial charge in [0.25, 0.3) is 0 Å². The van der Waals surface area contributed by atoms with Crippen LogP contribution in [0.25, 0.3) is 0 Å². The second kappa shape index (κ2) is 12.5. The molecule has 2 aromatic heterocycles. The first-order chi connectivity index (χ1) is 15.6. The number of ether oxygens (including phenoxy) is 1. The monoisotopic (exact) mass is 505 g/mol. The Morgan fingerprint density at radius 3 is 2.33 bits per heavy atom. The normalized spacial score (nSPS) is 11.4. The Hall–Kier alpha value is -2.69. The smallest absolute Gasteiger partial charge is 0.521 e. The molecule has 0 saturated carbocycles. The van der Waals surface area contributed by atoms with E-state index < -0.39 is 20.0 Å². The largest absolute Gasteiger partial charge is 0.565 e. The lowest BCUT2D eigenvalue weighted by atomic mass is 10.1. The van der Waals surface area contributed by atoms with Crippen LogP contribution >= 0.6 is 19.9 Å². The molecule has 0 spiro atoms. The first-order valence-corrected chi connectivity index (χ1v) is 10.8. The highest BCUT2D eigenvalue weighted by molar-refractivity contribution is 7.30. The highest BCUT2D eigenvalue weighted by Crippen LogP contribution is 2.30. The van der Waals surface area contributed by atoms with Crippen molar-refractivity contribution in [3.8, 4) is 11.6 Å². The molecule has 178 valence electrons. The van der Waals surface area contributed by atoms with Gasteiger partial charge in [0, 0.05) is 18.4 Å². The fraction of sp³-hybridized carbons (Fsp3) is 0.250. The molecule has 0 saturated heterocycles. The average Bonchev–Trinajstić information content (AvgIpc) is 2.78. The molecule has 1 aromatic carbocycles. The van der Waals surface area contributed by atoms with Crippen molar-refractivity contribution in [2.45, 2.75) is 32.4 Å². The van der Waals surface area contributed by atoms with Crippen molar-refractivity contribution in [3.63, 3.8) is 0 Å². The van der Waals surface area contributed by atoms with Crippen molar-refractivity contribution in [2.24, 2.45) is 0 Å². The van der Waals surface area contributed by atoms with Crippen LogP contribution in [-0.4, -0.2) is 20.2 Å². The third-order valence-electron chi connectivity index (χ3n) is 4.19. The molecule has 0 fully saturated rings. The zero-order chi connectivity index (χ0) is 24.4. The standard InChI is InChI=1S/C20H17ClF3N3O.HO4P.H2/c1-13-19(21)17(27-12-26-13)4-2-3-14-5-8-16(9-6-14)28-18-10-7-15(11-25-18)20(22,23)24;1-4-5(2)3;/h5-12H,2-4H2,1H3;1H;1H. The predicted molar refractivity (Wildman–Crippen MR) is 113 cm³/mol. The Morgan fingerprint density at radius 1 is 1.12 bits per heavy atom. The van der Waals surface area contributed by atoms with E-state index in [0.717, 1.165) is 48.5 Å². The number of benzene rings is 1. The molecule has 1 atom stereocenters. The van der Waals surface area contributed by atoms with Gasteiger partial charge in [-0.2, -0.15) is 13.2 Å². The van der Waals surface area contributed by atoms with Crippen molar-refractivity contribution in [3.05, 3.63) is 76.5 Å². The lowest BCUT2D eigenvalue weighted by Gasteiger charge is -2.09. The van der Waals surface area contributed by atoms with Crippen LogP contribution in [0.4, 0.5) is 13.2 Å². The summed E-state index contributed by atoms with van der Waals surface area (Å²) in [4.78, 5) is 20.9. The Bertz CT molecular complexity index is 1060. The molecule has 33 heavy (non-hydrogen) atoms. The number of hydrogen-bond donors (Lipinski definition) is 1. The minimum atomic E-state index is -4.41. The molecule has 0 amide bonds. The second-order valence-electron chi connectivity index (χ2n) is 6.51. The van der Waals surface area contributed by atoms with E-state index in [2.05, 4.69) is 19.6 Å². The quantitative estimate of drug-likeness (QED) is 0.252. The van der Waals surface area contributed by atoms with Crippen LogP contribution in [0.2, 0.25) is 5.02 Å². The SMILES string of the molecule is Cc1ncnc(CCCc2ccc(Oc3ccc(C(F)(F)F)cn3)cc2)c1Cl.O=[P+]([O-])OO.[HH]. The number of rotatable bonds is 7. The van der Waals surface area contributed by atoms with Crippen LogP contribution in [0.5, 0.6) is 11.6 Å². The molecular formula is C20H20ClF3N3O5P. The minimum absolute atomic E-state index is 0. The van der Waals surface area contributed by atoms with E-state index in [1.54, 1.807) is 12.1 Å². The van der Waals surface area contributed by atoms with Crippen LogP contribution < -0.4 is 9.63 Å². The van der Waals surface area contributed by atoms with Gasteiger partial charge >= 0.3 is 14.4 Å². The summed E-state index contributed by atoms with van der Waals surface area (Å²) in [5.74, 6) is 0.611. The Balaban J connectivity index is 0.000000873. The third-order valence-corrected chi connectivity index (χ3v) is 4.82. The van der Waals surface area contributed by atoms with E-state index in [0.29, 0.717) is 10.8 Å². The van der Waals surface area contributed by atoms with Gasteiger partial charge in [-0.3, -0.25) is 0 Å². The molecule has 13 heteroatoms. The maximum atomic E-state index is 12.5. The summed E-state index contributed by atoms with van der Waals surface area (Å²) in [6, 6.07) is 9.48. The van der Waals surface area contributed by atoms with Gasteiger partial charge in [-0.15, -0.1) is 0 Å². The first-order valence-electron chi connectivity index (χ1n) is 9.32. The van der Waals surface area contributed by atoms with E-state index in [1.807, 2.05) is 19.1 Å². The maximum absolute atomic E-state index is 12.5. The number of nitrogens with zero attached hydrogens (tertiary/aromatic N) is 3. The zero-order valence-electron chi connectivity index (χ0n) is 17.1. The van der Waals surface area contributed by atoms with Crippen molar-refractivity contribution < 1.29 is 38.7 Å². The molecule has 3 rings (SSSR count). The van der Waals surface area contributed by atoms with Crippen LogP contribution in [0, 0.1) is 6.92 Å². The fourth-order valence-corrected chi connectivity index (χ4v) is 2.79. The number of alkyl halides is 3. The minimum Gasteiger partial charge on any atom is -0.565 e. The summed E-state index contributed by atoms with van der Waals surface area (Å²) in [7, 11) is -3.04. The van der Waals surface area contributed by atoms with Gasteiger partial charge in [0.1, 0.15) is 12.1 Å². The summed E-state index contributed by atoms with van der Waals surface area (Å²) in [6.07, 6.45) is 0.300. The van der Waals surface area contributed by atoms with Gasteiger partial charge < -0.3 is 9.63 Å². The summed E-state index contributed by atoms with van der Waals surface area (Å²) in [5, 5.41) is 7.65. The number of hydrogen-bond acceptors (Lipinski definition) is 8. The average molecular weight is 506 g/mol. The van der Waals surface area contributed by atoms with Crippen LogP contribution in [-0.2, 0) is 28.3 Å². The highest BCUT2D eigenvalue weighted by atomic mass is 35.5. The van der Waals surface area contributed by atoms with Gasteiger partial charge in [0.15, 0.2) is 0 Å². The van der Waals surface area contributed by atoms with E-state index in [1.165, 1.54) is 12.4 Å². The summed E-state index contributed by atoms with van der Waals surface area (Å²) in [5.41, 5.74) is 1.90. The third kappa shape index (κ3) is 8.99. The molecule has 8 nitrogen and oxygen atoms in total.